The van der Waals surface area contributed by atoms with Gasteiger partial charge in [0.15, 0.2) is 0 Å². The lowest BCUT2D eigenvalue weighted by molar-refractivity contribution is 0.549. The molecule has 0 unspecified atom stereocenters. The van der Waals surface area contributed by atoms with Crippen LogP contribution in [0, 0.1) is 5.92 Å². The maximum absolute atomic E-state index is 2.41. The van der Waals surface area contributed by atoms with E-state index in [1.807, 2.05) is 0 Å². The van der Waals surface area contributed by atoms with Crippen molar-refractivity contribution in [2.45, 2.75) is 72.1 Å². The standard InChI is InChI=1S/C14H26/c1-4-5-6-9-12(2)13(3)14-10-7-8-11-14/h12H,4-11H2,1-3H3/t12-/m1/s1. The van der Waals surface area contributed by atoms with Gasteiger partial charge in [0.2, 0.25) is 0 Å². The summed E-state index contributed by atoms with van der Waals surface area (Å²) in [6.07, 6.45) is 11.2. The number of unbranched alkanes of at least 4 members (excludes halogenated alkanes) is 2. The molecule has 1 fully saturated rings. The van der Waals surface area contributed by atoms with E-state index in [0.717, 1.165) is 5.92 Å². The van der Waals surface area contributed by atoms with Crippen molar-refractivity contribution in [3.8, 4) is 0 Å². The summed E-state index contributed by atoms with van der Waals surface area (Å²) in [5.74, 6) is 0.842. The average molecular weight is 194 g/mol. The number of allylic oxidation sites excluding steroid dienone is 2. The van der Waals surface area contributed by atoms with Crippen LogP contribution in [0.4, 0.5) is 0 Å². The normalized spacial score (nSPS) is 18.6. The van der Waals surface area contributed by atoms with Gasteiger partial charge in [-0.25, -0.2) is 0 Å². The summed E-state index contributed by atoms with van der Waals surface area (Å²) < 4.78 is 0. The molecule has 0 N–H and O–H groups in total. The van der Waals surface area contributed by atoms with E-state index in [2.05, 4.69) is 20.8 Å². The zero-order valence-corrected chi connectivity index (χ0v) is 10.2. The van der Waals surface area contributed by atoms with Crippen LogP contribution in [-0.4, -0.2) is 0 Å². The Balaban J connectivity index is 2.34. The van der Waals surface area contributed by atoms with Crippen LogP contribution in [-0.2, 0) is 0 Å². The third-order valence-electron chi connectivity index (χ3n) is 3.74. The molecule has 0 spiro atoms. The second-order valence-corrected chi connectivity index (χ2v) is 4.89. The lowest BCUT2D eigenvalue weighted by Crippen LogP contribution is -1.99. The molecule has 82 valence electrons. The average Bonchev–Trinajstić information content (AvgIpc) is 2.69. The molecule has 0 amide bonds. The number of hydrogen-bond donors (Lipinski definition) is 0. The molecule has 1 aliphatic rings. The van der Waals surface area contributed by atoms with Gasteiger partial charge >= 0.3 is 0 Å². The summed E-state index contributed by atoms with van der Waals surface area (Å²) >= 11 is 0. The third-order valence-corrected chi connectivity index (χ3v) is 3.74. The van der Waals surface area contributed by atoms with Crippen LogP contribution >= 0.6 is 0 Å². The van der Waals surface area contributed by atoms with Gasteiger partial charge in [0.25, 0.3) is 0 Å². The first-order chi connectivity index (χ1) is 6.75. The van der Waals surface area contributed by atoms with Gasteiger partial charge in [0, 0.05) is 0 Å². The molecule has 1 rings (SSSR count). The van der Waals surface area contributed by atoms with Gasteiger partial charge in [0.1, 0.15) is 0 Å². The molecular weight excluding hydrogens is 168 g/mol. The fourth-order valence-electron chi connectivity index (χ4n) is 2.46. The fraction of sp³-hybridized carbons (Fsp3) is 0.857. The minimum atomic E-state index is 0.842. The highest BCUT2D eigenvalue weighted by Gasteiger charge is 2.13. The quantitative estimate of drug-likeness (QED) is 0.422. The summed E-state index contributed by atoms with van der Waals surface area (Å²) in [5.41, 5.74) is 3.51. The van der Waals surface area contributed by atoms with Crippen molar-refractivity contribution < 1.29 is 0 Å². The van der Waals surface area contributed by atoms with Gasteiger partial charge in [-0.15, -0.1) is 0 Å². The predicted octanol–water partition coefficient (Wildman–Crippen LogP) is 5.09. The smallest absolute Gasteiger partial charge is 0.0232 e. The van der Waals surface area contributed by atoms with Crippen molar-refractivity contribution in [2.24, 2.45) is 5.92 Å². The fourth-order valence-corrected chi connectivity index (χ4v) is 2.46. The molecule has 1 aliphatic carbocycles. The molecule has 0 radical (unpaired) electrons. The molecule has 1 saturated carbocycles. The molecule has 0 aliphatic heterocycles. The highest BCUT2D eigenvalue weighted by atomic mass is 14.2. The molecule has 1 atom stereocenters. The Kier molecular flexibility index (Phi) is 5.29. The maximum Gasteiger partial charge on any atom is -0.0232 e. The van der Waals surface area contributed by atoms with Gasteiger partial charge in [-0.2, -0.15) is 0 Å². The first kappa shape index (κ1) is 11.8. The molecule has 0 bridgehead atoms. The molecule has 0 saturated heterocycles. The lowest BCUT2D eigenvalue weighted by atomic mass is 9.91. The van der Waals surface area contributed by atoms with Crippen LogP contribution in [0.3, 0.4) is 0 Å². The van der Waals surface area contributed by atoms with Crippen LogP contribution in [0.25, 0.3) is 0 Å². The van der Waals surface area contributed by atoms with Gasteiger partial charge in [-0.05, 0) is 44.9 Å². The van der Waals surface area contributed by atoms with Crippen LogP contribution < -0.4 is 0 Å². The lowest BCUT2D eigenvalue weighted by Gasteiger charge is -2.15. The van der Waals surface area contributed by atoms with E-state index >= 15 is 0 Å². The third kappa shape index (κ3) is 3.48. The largest absolute Gasteiger partial charge is 0.0713 e. The molecule has 0 aromatic heterocycles. The summed E-state index contributed by atoms with van der Waals surface area (Å²) in [5, 5.41) is 0. The highest BCUT2D eigenvalue weighted by Crippen LogP contribution is 2.31. The van der Waals surface area contributed by atoms with Gasteiger partial charge in [-0.1, -0.05) is 44.3 Å². The van der Waals surface area contributed by atoms with Crippen LogP contribution in [0.1, 0.15) is 72.1 Å². The van der Waals surface area contributed by atoms with Crippen molar-refractivity contribution in [1.82, 2.24) is 0 Å². The van der Waals surface area contributed by atoms with E-state index < -0.39 is 0 Å². The van der Waals surface area contributed by atoms with Gasteiger partial charge < -0.3 is 0 Å². The van der Waals surface area contributed by atoms with Crippen LogP contribution in [0.5, 0.6) is 0 Å². The van der Waals surface area contributed by atoms with E-state index in [4.69, 9.17) is 0 Å². The molecule has 0 heteroatoms. The molecule has 0 heterocycles. The second-order valence-electron chi connectivity index (χ2n) is 4.89. The highest BCUT2D eigenvalue weighted by molar-refractivity contribution is 5.16. The zero-order valence-electron chi connectivity index (χ0n) is 10.2. The number of hydrogen-bond acceptors (Lipinski definition) is 0. The summed E-state index contributed by atoms with van der Waals surface area (Å²) in [6, 6.07) is 0. The van der Waals surface area contributed by atoms with E-state index in [-0.39, 0.29) is 0 Å². The Morgan fingerprint density at radius 2 is 1.86 bits per heavy atom. The van der Waals surface area contributed by atoms with Gasteiger partial charge in [0.05, 0.1) is 0 Å². The SMILES string of the molecule is CCCCC[C@@H](C)C(C)=C1CCCC1. The van der Waals surface area contributed by atoms with Gasteiger partial charge in [-0.3, -0.25) is 0 Å². The summed E-state index contributed by atoms with van der Waals surface area (Å²) in [6.45, 7) is 7.07. The molecule has 0 nitrogen and oxygen atoms in total. The minimum Gasteiger partial charge on any atom is -0.0713 e. The summed E-state index contributed by atoms with van der Waals surface area (Å²) in [7, 11) is 0. The number of rotatable bonds is 5. The van der Waals surface area contributed by atoms with Crippen molar-refractivity contribution in [3.05, 3.63) is 11.1 Å². The van der Waals surface area contributed by atoms with Crippen molar-refractivity contribution >= 4 is 0 Å². The molecular formula is C14H26. The van der Waals surface area contributed by atoms with Crippen molar-refractivity contribution in [2.75, 3.05) is 0 Å². The zero-order chi connectivity index (χ0) is 10.4. The topological polar surface area (TPSA) is 0 Å². The van der Waals surface area contributed by atoms with E-state index in [1.54, 1.807) is 11.1 Å². The van der Waals surface area contributed by atoms with Crippen LogP contribution in [0.2, 0.25) is 0 Å². The van der Waals surface area contributed by atoms with Crippen molar-refractivity contribution in [3.63, 3.8) is 0 Å². The van der Waals surface area contributed by atoms with Crippen molar-refractivity contribution in [1.29, 1.82) is 0 Å². The van der Waals surface area contributed by atoms with E-state index in [9.17, 15) is 0 Å². The predicted molar refractivity (Wildman–Crippen MR) is 64.5 cm³/mol. The maximum atomic E-state index is 2.41. The first-order valence-corrected chi connectivity index (χ1v) is 6.44. The Morgan fingerprint density at radius 3 is 2.43 bits per heavy atom. The van der Waals surface area contributed by atoms with E-state index in [0.29, 0.717) is 0 Å². The second kappa shape index (κ2) is 6.27. The molecule has 0 aromatic rings. The monoisotopic (exact) mass is 194 g/mol. The Labute approximate surface area is 89.8 Å². The van der Waals surface area contributed by atoms with Crippen LogP contribution in [0.15, 0.2) is 11.1 Å². The summed E-state index contributed by atoms with van der Waals surface area (Å²) in [4.78, 5) is 0. The van der Waals surface area contributed by atoms with E-state index in [1.165, 1.54) is 51.4 Å². The molecule has 0 aromatic carbocycles. The minimum absolute atomic E-state index is 0.842. The first-order valence-electron chi connectivity index (χ1n) is 6.44. The Hall–Kier alpha value is -0.260. The Bertz CT molecular complexity index is 180. The Morgan fingerprint density at radius 1 is 1.21 bits per heavy atom. The molecule has 14 heavy (non-hydrogen) atoms.